The number of aromatic hydroxyl groups is 1. The minimum absolute atomic E-state index is 0.136. The summed E-state index contributed by atoms with van der Waals surface area (Å²) in [6.07, 6.45) is 4.75. The highest BCUT2D eigenvalue weighted by Crippen LogP contribution is 2.28. The molecule has 0 aliphatic rings. The van der Waals surface area contributed by atoms with Crippen molar-refractivity contribution in [1.82, 2.24) is 0 Å². The lowest BCUT2D eigenvalue weighted by molar-refractivity contribution is 0.373. The number of hydrogen-bond acceptors (Lipinski definition) is 4. The van der Waals surface area contributed by atoms with Crippen LogP contribution in [0.1, 0.15) is 11.1 Å². The first-order chi connectivity index (χ1) is 10.7. The minimum Gasteiger partial charge on any atom is -0.504 e. The van der Waals surface area contributed by atoms with Gasteiger partial charge in [0.05, 0.1) is 21.3 Å². The van der Waals surface area contributed by atoms with E-state index in [9.17, 15) is 5.11 Å². The highest BCUT2D eigenvalue weighted by atomic mass is 16.5. The molecule has 0 radical (unpaired) electrons. The van der Waals surface area contributed by atoms with Crippen LogP contribution in [-0.2, 0) is 6.42 Å². The summed E-state index contributed by atoms with van der Waals surface area (Å²) < 4.78 is 15.7. The Kier molecular flexibility index (Phi) is 5.31. The summed E-state index contributed by atoms with van der Waals surface area (Å²) in [5, 5.41) is 9.58. The maximum Gasteiger partial charge on any atom is 0.161 e. The fraction of sp³-hybridized carbons (Fsp3) is 0.222. The van der Waals surface area contributed by atoms with Gasteiger partial charge in [-0.15, -0.1) is 0 Å². The predicted molar refractivity (Wildman–Crippen MR) is 86.9 cm³/mol. The molecule has 1 N–H and O–H groups in total. The molecule has 0 saturated carbocycles. The molecule has 2 aromatic carbocycles. The zero-order valence-corrected chi connectivity index (χ0v) is 13.0. The van der Waals surface area contributed by atoms with Crippen LogP contribution in [0.3, 0.4) is 0 Å². The molecule has 22 heavy (non-hydrogen) atoms. The van der Waals surface area contributed by atoms with Crippen molar-refractivity contribution < 1.29 is 19.3 Å². The Bertz CT molecular complexity index is 662. The molecular weight excluding hydrogens is 280 g/mol. The Morgan fingerprint density at radius 3 is 2.36 bits per heavy atom. The van der Waals surface area contributed by atoms with E-state index in [2.05, 4.69) is 0 Å². The summed E-state index contributed by atoms with van der Waals surface area (Å²) in [6, 6.07) is 11.0. The summed E-state index contributed by atoms with van der Waals surface area (Å²) in [5.74, 6) is 2.17. The van der Waals surface area contributed by atoms with Crippen molar-refractivity contribution in [3.8, 4) is 23.0 Å². The fourth-order valence-electron chi connectivity index (χ4n) is 2.14. The smallest absolute Gasteiger partial charge is 0.161 e. The van der Waals surface area contributed by atoms with Gasteiger partial charge in [0.15, 0.2) is 11.5 Å². The fourth-order valence-corrected chi connectivity index (χ4v) is 2.14. The number of methoxy groups -OCH3 is 3. The van der Waals surface area contributed by atoms with Crippen LogP contribution in [-0.4, -0.2) is 26.4 Å². The van der Waals surface area contributed by atoms with Gasteiger partial charge in [0.25, 0.3) is 0 Å². The van der Waals surface area contributed by atoms with Gasteiger partial charge in [-0.05, 0) is 35.7 Å². The van der Waals surface area contributed by atoms with E-state index >= 15 is 0 Å². The van der Waals surface area contributed by atoms with E-state index in [0.29, 0.717) is 5.75 Å². The number of hydrogen-bond donors (Lipinski definition) is 1. The maximum atomic E-state index is 9.58. The summed E-state index contributed by atoms with van der Waals surface area (Å²) in [7, 11) is 4.81. The number of allylic oxidation sites excluding steroid dienone is 1. The Morgan fingerprint density at radius 1 is 0.909 bits per heavy atom. The monoisotopic (exact) mass is 300 g/mol. The Hall–Kier alpha value is -2.62. The number of phenols is 1. The first kappa shape index (κ1) is 15.8. The average molecular weight is 300 g/mol. The van der Waals surface area contributed by atoms with Crippen LogP contribution < -0.4 is 14.2 Å². The molecule has 0 spiro atoms. The zero-order chi connectivity index (χ0) is 15.9. The second-order valence-corrected chi connectivity index (χ2v) is 4.72. The summed E-state index contributed by atoms with van der Waals surface area (Å²) >= 11 is 0. The summed E-state index contributed by atoms with van der Waals surface area (Å²) in [5.41, 5.74) is 2.03. The molecular formula is C18H20O4. The van der Waals surface area contributed by atoms with Crippen LogP contribution in [0, 0.1) is 0 Å². The van der Waals surface area contributed by atoms with E-state index in [-0.39, 0.29) is 5.75 Å². The normalized spacial score (nSPS) is 10.7. The van der Waals surface area contributed by atoms with E-state index in [1.807, 2.05) is 36.4 Å². The van der Waals surface area contributed by atoms with Crippen LogP contribution in [0.4, 0.5) is 0 Å². The van der Waals surface area contributed by atoms with Crippen molar-refractivity contribution in [2.45, 2.75) is 6.42 Å². The van der Waals surface area contributed by atoms with Gasteiger partial charge in [-0.1, -0.05) is 24.3 Å². The quantitative estimate of drug-likeness (QED) is 0.884. The van der Waals surface area contributed by atoms with E-state index in [1.165, 1.54) is 7.11 Å². The third-order valence-electron chi connectivity index (χ3n) is 3.35. The molecule has 0 aliphatic carbocycles. The van der Waals surface area contributed by atoms with Gasteiger partial charge >= 0.3 is 0 Å². The third-order valence-corrected chi connectivity index (χ3v) is 3.35. The standard InChI is InChI=1S/C18H20O4/c1-20-15-9-8-14(17(12-15)21-2)6-4-5-13-7-10-16(19)18(11-13)22-3/h4-5,7-12,19H,6H2,1-3H3/b5-4+. The minimum atomic E-state index is 0.136. The molecule has 0 heterocycles. The molecule has 0 bridgehead atoms. The average Bonchev–Trinajstić information content (AvgIpc) is 2.56. The van der Waals surface area contributed by atoms with Gasteiger partial charge in [-0.25, -0.2) is 0 Å². The lowest BCUT2D eigenvalue weighted by Gasteiger charge is -2.08. The molecule has 0 aromatic heterocycles. The van der Waals surface area contributed by atoms with Crippen LogP contribution >= 0.6 is 0 Å². The molecule has 2 rings (SSSR count). The number of benzene rings is 2. The molecule has 116 valence electrons. The molecule has 0 aliphatic heterocycles. The van der Waals surface area contributed by atoms with Crippen molar-refractivity contribution in [3.05, 3.63) is 53.6 Å². The second kappa shape index (κ2) is 7.41. The van der Waals surface area contributed by atoms with Crippen molar-refractivity contribution in [3.63, 3.8) is 0 Å². The van der Waals surface area contributed by atoms with Crippen molar-refractivity contribution >= 4 is 6.08 Å². The van der Waals surface area contributed by atoms with Crippen LogP contribution in [0.25, 0.3) is 6.08 Å². The SMILES string of the molecule is COc1ccc(C/C=C/c2ccc(O)c(OC)c2)c(OC)c1. The molecule has 0 unspecified atom stereocenters. The molecule has 2 aromatic rings. The van der Waals surface area contributed by atoms with E-state index < -0.39 is 0 Å². The molecule has 0 fully saturated rings. The van der Waals surface area contributed by atoms with E-state index in [1.54, 1.807) is 26.4 Å². The number of ether oxygens (including phenoxy) is 3. The highest BCUT2D eigenvalue weighted by molar-refractivity contribution is 5.56. The first-order valence-electron chi connectivity index (χ1n) is 6.92. The Balaban J connectivity index is 2.12. The lowest BCUT2D eigenvalue weighted by Crippen LogP contribution is -1.92. The molecule has 4 nitrogen and oxygen atoms in total. The number of phenolic OH excluding ortho intramolecular Hbond substituents is 1. The summed E-state index contributed by atoms with van der Waals surface area (Å²) in [6.45, 7) is 0. The lowest BCUT2D eigenvalue weighted by atomic mass is 10.1. The van der Waals surface area contributed by atoms with Gasteiger partial charge < -0.3 is 19.3 Å². The molecule has 4 heteroatoms. The van der Waals surface area contributed by atoms with Crippen LogP contribution in [0.2, 0.25) is 0 Å². The zero-order valence-electron chi connectivity index (χ0n) is 13.0. The third kappa shape index (κ3) is 3.73. The van der Waals surface area contributed by atoms with Gasteiger partial charge in [-0.3, -0.25) is 0 Å². The van der Waals surface area contributed by atoms with Crippen molar-refractivity contribution in [2.75, 3.05) is 21.3 Å². The summed E-state index contributed by atoms with van der Waals surface area (Å²) in [4.78, 5) is 0. The van der Waals surface area contributed by atoms with E-state index in [0.717, 1.165) is 29.0 Å². The van der Waals surface area contributed by atoms with Gasteiger partial charge in [-0.2, -0.15) is 0 Å². The largest absolute Gasteiger partial charge is 0.504 e. The van der Waals surface area contributed by atoms with Gasteiger partial charge in [0.1, 0.15) is 11.5 Å². The maximum absolute atomic E-state index is 9.58. The van der Waals surface area contributed by atoms with Crippen LogP contribution in [0.15, 0.2) is 42.5 Å². The second-order valence-electron chi connectivity index (χ2n) is 4.72. The molecule has 0 saturated heterocycles. The highest BCUT2D eigenvalue weighted by Gasteiger charge is 2.04. The van der Waals surface area contributed by atoms with Crippen LogP contribution in [0.5, 0.6) is 23.0 Å². The molecule has 0 atom stereocenters. The van der Waals surface area contributed by atoms with Gasteiger partial charge in [0.2, 0.25) is 0 Å². The molecule has 0 amide bonds. The first-order valence-corrected chi connectivity index (χ1v) is 6.92. The van der Waals surface area contributed by atoms with Crippen molar-refractivity contribution in [2.24, 2.45) is 0 Å². The Labute approximate surface area is 130 Å². The van der Waals surface area contributed by atoms with Crippen molar-refractivity contribution in [1.29, 1.82) is 0 Å². The Morgan fingerprint density at radius 2 is 1.68 bits per heavy atom. The number of rotatable bonds is 6. The topological polar surface area (TPSA) is 47.9 Å². The van der Waals surface area contributed by atoms with E-state index in [4.69, 9.17) is 14.2 Å². The predicted octanol–water partition coefficient (Wildman–Crippen LogP) is 3.67. The van der Waals surface area contributed by atoms with Gasteiger partial charge in [0, 0.05) is 6.07 Å².